The van der Waals surface area contributed by atoms with Crippen LogP contribution >= 0.6 is 0 Å². The predicted octanol–water partition coefficient (Wildman–Crippen LogP) is 3.69. The van der Waals surface area contributed by atoms with Crippen LogP contribution < -0.4 is 11.1 Å². The van der Waals surface area contributed by atoms with E-state index in [2.05, 4.69) is 26.1 Å². The van der Waals surface area contributed by atoms with Crippen molar-refractivity contribution in [3.8, 4) is 0 Å². The predicted molar refractivity (Wildman–Crippen MR) is 90.4 cm³/mol. The molecule has 0 spiro atoms. The first-order valence-electron chi connectivity index (χ1n) is 7.49. The summed E-state index contributed by atoms with van der Waals surface area (Å²) in [4.78, 5) is 0.257. The summed E-state index contributed by atoms with van der Waals surface area (Å²) in [6.07, 6.45) is 6.06. The fourth-order valence-corrected chi connectivity index (χ4v) is 2.87. The zero-order chi connectivity index (χ0) is 16.1. The molecule has 0 aliphatic heterocycles. The van der Waals surface area contributed by atoms with Crippen molar-refractivity contribution in [3.05, 3.63) is 18.2 Å². The highest BCUT2D eigenvalue weighted by molar-refractivity contribution is 7.90. The second-order valence-electron chi connectivity index (χ2n) is 6.50. The van der Waals surface area contributed by atoms with E-state index < -0.39 is 9.84 Å². The summed E-state index contributed by atoms with van der Waals surface area (Å²) in [5, 5.41) is 3.34. The van der Waals surface area contributed by atoms with Crippen molar-refractivity contribution in [2.45, 2.75) is 51.3 Å². The van der Waals surface area contributed by atoms with Crippen molar-refractivity contribution in [2.75, 3.05) is 23.9 Å². The van der Waals surface area contributed by atoms with Crippen molar-refractivity contribution in [1.29, 1.82) is 0 Å². The van der Waals surface area contributed by atoms with Crippen molar-refractivity contribution in [3.63, 3.8) is 0 Å². The van der Waals surface area contributed by atoms with Gasteiger partial charge in [0.1, 0.15) is 0 Å². The van der Waals surface area contributed by atoms with Crippen molar-refractivity contribution >= 4 is 21.2 Å². The van der Waals surface area contributed by atoms with Crippen LogP contribution in [0.15, 0.2) is 23.1 Å². The van der Waals surface area contributed by atoms with Gasteiger partial charge >= 0.3 is 0 Å². The maximum absolute atomic E-state index is 11.5. The smallest absolute Gasteiger partial charge is 0.175 e. The first-order valence-corrected chi connectivity index (χ1v) is 9.38. The number of nitrogens with one attached hydrogen (secondary N) is 1. The van der Waals surface area contributed by atoms with Gasteiger partial charge in [0, 0.05) is 12.8 Å². The third kappa shape index (κ3) is 5.96. The number of sulfone groups is 1. The van der Waals surface area contributed by atoms with E-state index in [1.165, 1.54) is 31.6 Å². The minimum absolute atomic E-state index is 0.192. The van der Waals surface area contributed by atoms with Crippen LogP contribution in [0.5, 0.6) is 0 Å². The summed E-state index contributed by atoms with van der Waals surface area (Å²) >= 11 is 0. The summed E-state index contributed by atoms with van der Waals surface area (Å²) < 4.78 is 23.0. The van der Waals surface area contributed by atoms with Gasteiger partial charge in [-0.25, -0.2) is 8.42 Å². The molecular weight excluding hydrogens is 284 g/mol. The normalized spacial score (nSPS) is 12.4. The molecule has 1 aromatic rings. The van der Waals surface area contributed by atoms with Crippen LogP contribution in [0.2, 0.25) is 0 Å². The van der Waals surface area contributed by atoms with Crippen LogP contribution in [0.4, 0.5) is 11.4 Å². The number of hydrogen-bond acceptors (Lipinski definition) is 4. The van der Waals surface area contributed by atoms with Crippen LogP contribution in [0, 0.1) is 5.41 Å². The Bertz CT molecular complexity index is 566. The molecule has 0 atom stereocenters. The minimum Gasteiger partial charge on any atom is -0.397 e. The lowest BCUT2D eigenvalue weighted by Crippen LogP contribution is -2.23. The third-order valence-electron chi connectivity index (χ3n) is 3.67. The molecule has 3 N–H and O–H groups in total. The molecule has 0 saturated heterocycles. The summed E-state index contributed by atoms with van der Waals surface area (Å²) in [6, 6.07) is 4.85. The molecule has 0 bridgehead atoms. The SMILES string of the molecule is CCCCCC(C)(C)CNc1ccc(S(C)(=O)=O)cc1N. The zero-order valence-electron chi connectivity index (χ0n) is 13.6. The largest absolute Gasteiger partial charge is 0.397 e. The van der Waals surface area contributed by atoms with Crippen LogP contribution in [0.1, 0.15) is 46.5 Å². The lowest BCUT2D eigenvalue weighted by atomic mass is 9.87. The molecule has 0 unspecified atom stereocenters. The van der Waals surface area contributed by atoms with Gasteiger partial charge in [-0.2, -0.15) is 0 Å². The molecule has 120 valence electrons. The van der Waals surface area contributed by atoms with Gasteiger partial charge in [-0.3, -0.25) is 0 Å². The Morgan fingerprint density at radius 1 is 1.24 bits per heavy atom. The Morgan fingerprint density at radius 2 is 1.90 bits per heavy atom. The van der Waals surface area contributed by atoms with Gasteiger partial charge < -0.3 is 11.1 Å². The Balaban J connectivity index is 2.68. The van der Waals surface area contributed by atoms with Gasteiger partial charge in [0.25, 0.3) is 0 Å². The molecule has 0 aliphatic carbocycles. The van der Waals surface area contributed by atoms with Crippen LogP contribution in [0.3, 0.4) is 0 Å². The molecule has 4 nitrogen and oxygen atoms in total. The first-order chi connectivity index (χ1) is 9.65. The van der Waals surface area contributed by atoms with Crippen molar-refractivity contribution in [1.82, 2.24) is 0 Å². The molecule has 0 fully saturated rings. The van der Waals surface area contributed by atoms with Gasteiger partial charge in [0.15, 0.2) is 9.84 Å². The summed E-state index contributed by atoms with van der Waals surface area (Å²) in [5.41, 5.74) is 7.41. The van der Waals surface area contributed by atoms with E-state index in [-0.39, 0.29) is 10.3 Å². The van der Waals surface area contributed by atoms with Crippen LogP contribution in [0.25, 0.3) is 0 Å². The number of unbranched alkanes of at least 4 members (excludes halogenated alkanes) is 2. The molecular formula is C16H28N2O2S. The fraction of sp³-hybridized carbons (Fsp3) is 0.625. The summed E-state index contributed by atoms with van der Waals surface area (Å²) in [6.45, 7) is 7.49. The fourth-order valence-electron chi connectivity index (χ4n) is 2.21. The highest BCUT2D eigenvalue weighted by Gasteiger charge is 2.18. The van der Waals surface area contributed by atoms with Gasteiger partial charge in [-0.1, -0.05) is 40.0 Å². The number of nitrogens with two attached hydrogens (primary N) is 1. The van der Waals surface area contributed by atoms with E-state index >= 15 is 0 Å². The van der Waals surface area contributed by atoms with Gasteiger partial charge in [-0.15, -0.1) is 0 Å². The standard InChI is InChI=1S/C16H28N2O2S/c1-5-6-7-10-16(2,3)12-18-15-9-8-13(11-14(15)17)21(4,19)20/h8-9,11,18H,5-7,10,12,17H2,1-4H3. The quantitative estimate of drug-likeness (QED) is 0.567. The number of hydrogen-bond donors (Lipinski definition) is 2. The van der Waals surface area contributed by atoms with Gasteiger partial charge in [0.2, 0.25) is 0 Å². The number of benzene rings is 1. The second kappa shape index (κ2) is 7.16. The lowest BCUT2D eigenvalue weighted by molar-refractivity contribution is 0.342. The Kier molecular flexibility index (Phi) is 6.08. The molecule has 0 saturated carbocycles. The Morgan fingerprint density at radius 3 is 2.43 bits per heavy atom. The van der Waals surface area contributed by atoms with E-state index in [4.69, 9.17) is 5.73 Å². The average Bonchev–Trinajstić information content (AvgIpc) is 2.36. The minimum atomic E-state index is -3.21. The number of rotatable bonds is 8. The zero-order valence-corrected chi connectivity index (χ0v) is 14.4. The van der Waals surface area contributed by atoms with Crippen molar-refractivity contribution < 1.29 is 8.42 Å². The third-order valence-corrected chi connectivity index (χ3v) is 4.78. The van der Waals surface area contributed by atoms with E-state index in [0.717, 1.165) is 18.7 Å². The highest BCUT2D eigenvalue weighted by Crippen LogP contribution is 2.27. The number of nitrogen functional groups attached to an aromatic ring is 1. The Hall–Kier alpha value is -1.23. The second-order valence-corrected chi connectivity index (χ2v) is 8.51. The maximum Gasteiger partial charge on any atom is 0.175 e. The molecule has 0 aromatic heterocycles. The van der Waals surface area contributed by atoms with Crippen molar-refractivity contribution in [2.24, 2.45) is 5.41 Å². The van der Waals surface area contributed by atoms with E-state index in [9.17, 15) is 8.42 Å². The maximum atomic E-state index is 11.5. The molecule has 0 heterocycles. The average molecular weight is 312 g/mol. The molecule has 0 radical (unpaired) electrons. The molecule has 21 heavy (non-hydrogen) atoms. The molecule has 1 aromatic carbocycles. The molecule has 0 amide bonds. The highest BCUT2D eigenvalue weighted by atomic mass is 32.2. The Labute approximate surface area is 129 Å². The van der Waals surface area contributed by atoms with Gasteiger partial charge in [-0.05, 0) is 30.0 Å². The van der Waals surface area contributed by atoms with E-state index in [1.54, 1.807) is 12.1 Å². The summed E-state index contributed by atoms with van der Waals surface area (Å²) in [5.74, 6) is 0. The molecule has 5 heteroatoms. The van der Waals surface area contributed by atoms with Crippen LogP contribution in [-0.4, -0.2) is 21.2 Å². The first kappa shape index (κ1) is 17.8. The number of anilines is 2. The van der Waals surface area contributed by atoms with E-state index in [0.29, 0.717) is 5.69 Å². The molecule has 0 aliphatic rings. The van der Waals surface area contributed by atoms with E-state index in [1.807, 2.05) is 0 Å². The monoisotopic (exact) mass is 312 g/mol. The topological polar surface area (TPSA) is 72.2 Å². The molecule has 1 rings (SSSR count). The van der Waals surface area contributed by atoms with Crippen LogP contribution in [-0.2, 0) is 9.84 Å². The lowest BCUT2D eigenvalue weighted by Gasteiger charge is -2.26. The van der Waals surface area contributed by atoms with Gasteiger partial charge in [0.05, 0.1) is 16.3 Å². The summed E-state index contributed by atoms with van der Waals surface area (Å²) in [7, 11) is -3.21.